The fourth-order valence-electron chi connectivity index (χ4n) is 4.18. The van der Waals surface area contributed by atoms with Gasteiger partial charge in [-0.2, -0.15) is 0 Å². The van der Waals surface area contributed by atoms with Crippen molar-refractivity contribution in [3.05, 3.63) is 141 Å². The topological polar surface area (TPSA) is 100 Å². The summed E-state index contributed by atoms with van der Waals surface area (Å²) in [5, 5.41) is 7.59. The minimum atomic E-state index is -0.560. The molecule has 232 valence electrons. The van der Waals surface area contributed by atoms with Crippen molar-refractivity contribution in [3.8, 4) is 11.3 Å². The van der Waals surface area contributed by atoms with Crippen molar-refractivity contribution in [2.24, 2.45) is 0 Å². The first kappa shape index (κ1) is 32.9. The van der Waals surface area contributed by atoms with Crippen LogP contribution in [-0.2, 0) is 9.59 Å². The van der Waals surface area contributed by atoms with E-state index in [4.69, 9.17) is 4.42 Å². The van der Waals surface area contributed by atoms with Crippen LogP contribution in [0.25, 0.3) is 17.4 Å². The van der Waals surface area contributed by atoms with Crippen LogP contribution in [0.3, 0.4) is 0 Å². The van der Waals surface area contributed by atoms with Gasteiger partial charge >= 0.3 is 0 Å². The van der Waals surface area contributed by atoms with Gasteiger partial charge < -0.3 is 20.4 Å². The molecule has 0 unspecified atom stereocenters. The summed E-state index contributed by atoms with van der Waals surface area (Å²) in [4.78, 5) is 39.9. The average molecular weight is 763 g/mol. The molecule has 11 heteroatoms. The van der Waals surface area contributed by atoms with Gasteiger partial charge in [0.05, 0.1) is 10.9 Å². The third-order valence-corrected chi connectivity index (χ3v) is 8.69. The zero-order valence-electron chi connectivity index (χ0n) is 24.2. The van der Waals surface area contributed by atoms with Crippen molar-refractivity contribution >= 4 is 78.8 Å². The summed E-state index contributed by atoms with van der Waals surface area (Å²) in [5.41, 5.74) is 1.79. The maximum absolute atomic E-state index is 14.1. The predicted octanol–water partition coefficient (Wildman–Crippen LogP) is 9.14. The predicted molar refractivity (Wildman–Crippen MR) is 187 cm³/mol. The molecular formula is C35H26Br2FN3O4S. The van der Waals surface area contributed by atoms with Gasteiger partial charge in [0.25, 0.3) is 11.8 Å². The second-order valence-electron chi connectivity index (χ2n) is 9.94. The van der Waals surface area contributed by atoms with E-state index in [-0.39, 0.29) is 17.3 Å². The first-order chi connectivity index (χ1) is 22.1. The molecule has 0 aliphatic carbocycles. The van der Waals surface area contributed by atoms with Crippen LogP contribution in [0.1, 0.15) is 23.0 Å². The number of hydrogen-bond acceptors (Lipinski definition) is 5. The van der Waals surface area contributed by atoms with E-state index in [1.807, 2.05) is 24.3 Å². The van der Waals surface area contributed by atoms with Crippen LogP contribution in [0, 0.1) is 5.82 Å². The summed E-state index contributed by atoms with van der Waals surface area (Å²) < 4.78 is 21.6. The number of nitrogens with one attached hydrogen (secondary N) is 3. The van der Waals surface area contributed by atoms with E-state index in [1.54, 1.807) is 79.7 Å². The second-order valence-corrected chi connectivity index (χ2v) is 13.2. The lowest BCUT2D eigenvalue weighted by Gasteiger charge is -2.14. The van der Waals surface area contributed by atoms with Gasteiger partial charge in [-0.15, -0.1) is 11.8 Å². The van der Waals surface area contributed by atoms with Crippen LogP contribution in [0.2, 0.25) is 0 Å². The minimum Gasteiger partial charge on any atom is -0.457 e. The molecule has 0 radical (unpaired) electrons. The van der Waals surface area contributed by atoms with Gasteiger partial charge in [-0.25, -0.2) is 4.39 Å². The molecule has 1 heterocycles. The van der Waals surface area contributed by atoms with Crippen LogP contribution in [0.5, 0.6) is 0 Å². The van der Waals surface area contributed by atoms with E-state index in [1.165, 1.54) is 30.0 Å². The maximum atomic E-state index is 14.1. The van der Waals surface area contributed by atoms with Crippen molar-refractivity contribution in [1.29, 1.82) is 0 Å². The van der Waals surface area contributed by atoms with Gasteiger partial charge in [0.1, 0.15) is 23.0 Å². The van der Waals surface area contributed by atoms with E-state index >= 15 is 0 Å². The molecule has 3 N–H and O–H groups in total. The number of thioether (sulfide) groups is 1. The van der Waals surface area contributed by atoms with Crippen molar-refractivity contribution in [2.75, 3.05) is 10.6 Å². The fourth-order valence-corrected chi connectivity index (χ4v) is 5.65. The van der Waals surface area contributed by atoms with Crippen molar-refractivity contribution in [2.45, 2.75) is 17.1 Å². The summed E-state index contributed by atoms with van der Waals surface area (Å²) in [6.07, 6.45) is 1.47. The highest BCUT2D eigenvalue weighted by Crippen LogP contribution is 2.28. The van der Waals surface area contributed by atoms with Crippen LogP contribution in [-0.4, -0.2) is 23.0 Å². The summed E-state index contributed by atoms with van der Waals surface area (Å²) in [7, 11) is 0. The normalized spacial score (nSPS) is 11.9. The highest BCUT2D eigenvalue weighted by Gasteiger charge is 2.18. The molecule has 1 atom stereocenters. The van der Waals surface area contributed by atoms with Crippen LogP contribution in [0.4, 0.5) is 15.8 Å². The first-order valence-electron chi connectivity index (χ1n) is 13.9. The van der Waals surface area contributed by atoms with E-state index in [9.17, 15) is 18.8 Å². The lowest BCUT2D eigenvalue weighted by molar-refractivity contribution is -0.115. The number of rotatable bonds is 10. The summed E-state index contributed by atoms with van der Waals surface area (Å²) in [5.74, 6) is -0.928. The number of carbonyl (C=O) groups excluding carboxylic acids is 3. The van der Waals surface area contributed by atoms with Crippen molar-refractivity contribution in [1.82, 2.24) is 5.32 Å². The quantitative estimate of drug-likeness (QED) is 0.0974. The van der Waals surface area contributed by atoms with Crippen LogP contribution < -0.4 is 16.0 Å². The minimum absolute atomic E-state index is 0.0190. The Morgan fingerprint density at radius 2 is 1.52 bits per heavy atom. The molecule has 5 aromatic rings. The molecule has 5 rings (SSSR count). The van der Waals surface area contributed by atoms with Crippen LogP contribution >= 0.6 is 43.6 Å². The van der Waals surface area contributed by atoms with E-state index < -0.39 is 22.9 Å². The van der Waals surface area contributed by atoms with Gasteiger partial charge in [0, 0.05) is 36.7 Å². The Balaban J connectivity index is 1.28. The monoisotopic (exact) mass is 761 g/mol. The Morgan fingerprint density at radius 1 is 0.826 bits per heavy atom. The maximum Gasteiger partial charge on any atom is 0.272 e. The Morgan fingerprint density at radius 3 is 2.22 bits per heavy atom. The molecule has 0 fully saturated rings. The van der Waals surface area contributed by atoms with Gasteiger partial charge in [0.2, 0.25) is 5.91 Å². The number of amides is 3. The summed E-state index contributed by atoms with van der Waals surface area (Å²) >= 11 is 7.90. The zero-order valence-corrected chi connectivity index (χ0v) is 28.2. The zero-order chi connectivity index (χ0) is 32.6. The average Bonchev–Trinajstić information content (AvgIpc) is 3.52. The molecule has 0 saturated carbocycles. The third-order valence-electron chi connectivity index (χ3n) is 6.55. The Labute approximate surface area is 285 Å². The van der Waals surface area contributed by atoms with Gasteiger partial charge in [-0.3, -0.25) is 14.4 Å². The van der Waals surface area contributed by atoms with E-state index in [2.05, 4.69) is 47.8 Å². The lowest BCUT2D eigenvalue weighted by Crippen LogP contribution is -2.30. The molecule has 3 amide bonds. The van der Waals surface area contributed by atoms with Crippen molar-refractivity contribution < 1.29 is 23.2 Å². The molecule has 0 bridgehead atoms. The van der Waals surface area contributed by atoms with Gasteiger partial charge in [-0.1, -0.05) is 62.2 Å². The van der Waals surface area contributed by atoms with Gasteiger partial charge in [0.15, 0.2) is 0 Å². The summed E-state index contributed by atoms with van der Waals surface area (Å²) in [6.45, 7) is 1.72. The fraction of sp³-hybridized carbons (Fsp3) is 0.0571. The molecular weight excluding hydrogens is 737 g/mol. The molecule has 46 heavy (non-hydrogen) atoms. The standard InChI is InChI=1S/C35H26Br2FN3O4S/c1-21(33(42)40-30-17-11-25(37)19-29(30)38)46-28-15-12-26(13-16-28)39-35(44)31(41-34(43)23-5-3-2-4-6-23)20-27-14-18-32(45-27)22-7-9-24(36)10-8-22/h2-21H,1H3,(H,39,44)(H,40,42)(H,41,43)/b31-20-/t21-/m0/s1. The number of benzene rings is 4. The number of halogens is 3. The highest BCUT2D eigenvalue weighted by molar-refractivity contribution is 9.10. The molecule has 7 nitrogen and oxygen atoms in total. The Hall–Kier alpha value is -4.45. The molecule has 1 aromatic heterocycles. The number of furan rings is 1. The molecule has 0 saturated heterocycles. The largest absolute Gasteiger partial charge is 0.457 e. The van der Waals surface area contributed by atoms with Crippen LogP contribution in [0.15, 0.2) is 133 Å². The van der Waals surface area contributed by atoms with E-state index in [0.717, 1.165) is 14.9 Å². The molecule has 0 aliphatic rings. The highest BCUT2D eigenvalue weighted by atomic mass is 79.9. The van der Waals surface area contributed by atoms with Crippen molar-refractivity contribution in [3.63, 3.8) is 0 Å². The molecule has 4 aromatic carbocycles. The molecule has 0 spiro atoms. The SMILES string of the molecule is C[C@H](Sc1ccc(NC(=O)/C(=C/c2ccc(-c3ccc(Br)cc3)o2)NC(=O)c2ccccc2)cc1)C(=O)Nc1ccc(Br)cc1F. The third kappa shape index (κ3) is 8.84. The van der Waals surface area contributed by atoms with E-state index in [0.29, 0.717) is 27.2 Å². The summed E-state index contributed by atoms with van der Waals surface area (Å²) in [6, 6.07) is 31.0. The number of hydrogen-bond donors (Lipinski definition) is 3. The number of anilines is 2. The smallest absolute Gasteiger partial charge is 0.272 e. The Kier molecular flexibility index (Phi) is 10.9. The number of carbonyl (C=O) groups is 3. The van der Waals surface area contributed by atoms with Gasteiger partial charge in [-0.05, 0) is 85.8 Å². The molecule has 0 aliphatic heterocycles. The Bertz CT molecular complexity index is 1900. The second kappa shape index (κ2) is 15.2. The lowest BCUT2D eigenvalue weighted by atomic mass is 10.2. The first-order valence-corrected chi connectivity index (χ1v) is 16.4.